The first-order chi connectivity index (χ1) is 13.7. The minimum absolute atomic E-state index is 0.287. The van der Waals surface area contributed by atoms with E-state index in [1.807, 2.05) is 24.3 Å². The molecule has 1 unspecified atom stereocenters. The first-order valence-electron chi connectivity index (χ1n) is 10.0. The van der Waals surface area contributed by atoms with Crippen LogP contribution in [0, 0.1) is 11.3 Å². The number of thioether (sulfide) groups is 1. The number of benzene rings is 2. The van der Waals surface area contributed by atoms with Crippen molar-refractivity contribution >= 4 is 28.3 Å². The minimum atomic E-state index is -0.662. The summed E-state index contributed by atoms with van der Waals surface area (Å²) in [5.41, 5.74) is 3.59. The molecule has 28 heavy (non-hydrogen) atoms. The number of hydrogen-bond donors (Lipinski definition) is 1. The molecule has 1 atom stereocenters. The van der Waals surface area contributed by atoms with E-state index in [9.17, 15) is 5.26 Å². The third kappa shape index (κ3) is 3.06. The quantitative estimate of drug-likeness (QED) is 0.686. The van der Waals surface area contributed by atoms with Crippen molar-refractivity contribution in [2.45, 2.75) is 43.4 Å². The predicted molar refractivity (Wildman–Crippen MR) is 118 cm³/mol. The molecular weight excluding hydrogens is 364 g/mol. The van der Waals surface area contributed by atoms with Gasteiger partial charge in [-0.3, -0.25) is 0 Å². The average Bonchev–Trinajstić information content (AvgIpc) is 3.12. The zero-order valence-corrected chi connectivity index (χ0v) is 17.3. The summed E-state index contributed by atoms with van der Waals surface area (Å²) in [7, 11) is 2.10. The Morgan fingerprint density at radius 1 is 1.07 bits per heavy atom. The lowest BCUT2D eigenvalue weighted by Crippen LogP contribution is -2.37. The van der Waals surface area contributed by atoms with Crippen LogP contribution in [0.3, 0.4) is 0 Å². The molecule has 2 aromatic carbocycles. The summed E-state index contributed by atoms with van der Waals surface area (Å²) in [5.74, 6) is 0. The van der Waals surface area contributed by atoms with Gasteiger partial charge in [0.25, 0.3) is 0 Å². The van der Waals surface area contributed by atoms with E-state index < -0.39 is 5.54 Å². The zero-order chi connectivity index (χ0) is 19.6. The van der Waals surface area contributed by atoms with Gasteiger partial charge in [-0.2, -0.15) is 5.26 Å². The predicted octanol–water partition coefficient (Wildman–Crippen LogP) is 5.49. The molecule has 2 aliphatic heterocycles. The molecule has 0 saturated heterocycles. The van der Waals surface area contributed by atoms with Crippen LogP contribution < -0.4 is 5.32 Å². The van der Waals surface area contributed by atoms with Crippen molar-refractivity contribution in [1.29, 1.82) is 5.26 Å². The normalized spacial score (nSPS) is 18.6. The van der Waals surface area contributed by atoms with E-state index in [1.165, 1.54) is 19.3 Å². The second-order valence-electron chi connectivity index (χ2n) is 7.49. The maximum absolute atomic E-state index is 10.1. The molecule has 2 aliphatic rings. The summed E-state index contributed by atoms with van der Waals surface area (Å²) < 4.78 is 0. The van der Waals surface area contributed by atoms with Gasteiger partial charge in [-0.15, -0.1) is 0 Å². The van der Waals surface area contributed by atoms with Gasteiger partial charge in [-0.25, -0.2) is 4.99 Å². The van der Waals surface area contributed by atoms with Crippen LogP contribution in [0.4, 0.5) is 11.4 Å². The van der Waals surface area contributed by atoms with Crippen molar-refractivity contribution in [1.82, 2.24) is 4.90 Å². The first kappa shape index (κ1) is 18.9. The van der Waals surface area contributed by atoms with E-state index in [1.54, 1.807) is 11.8 Å². The van der Waals surface area contributed by atoms with Gasteiger partial charge in [0.2, 0.25) is 0 Å². The number of rotatable bonds is 5. The van der Waals surface area contributed by atoms with Crippen molar-refractivity contribution < 1.29 is 0 Å². The van der Waals surface area contributed by atoms with Crippen LogP contribution in [0.15, 0.2) is 53.5 Å². The van der Waals surface area contributed by atoms with Gasteiger partial charge < -0.3 is 10.2 Å². The van der Waals surface area contributed by atoms with Crippen LogP contribution in [-0.2, 0) is 5.54 Å². The van der Waals surface area contributed by atoms with Crippen LogP contribution in [-0.4, -0.2) is 28.9 Å². The smallest absolute Gasteiger partial charge is 0.161 e. The Morgan fingerprint density at radius 3 is 2.32 bits per heavy atom. The Balaban J connectivity index is 1.77. The number of unbranched alkanes of at least 4 members (excludes halogenated alkanes) is 3. The van der Waals surface area contributed by atoms with Crippen molar-refractivity contribution in [3.05, 3.63) is 59.7 Å². The lowest BCUT2D eigenvalue weighted by molar-refractivity contribution is 0.471. The van der Waals surface area contributed by atoms with Crippen molar-refractivity contribution in [3.63, 3.8) is 0 Å². The molecule has 1 spiro atoms. The minimum Gasteiger partial charge on any atom is -0.355 e. The number of para-hydroxylation sites is 2. The molecule has 2 heterocycles. The maximum atomic E-state index is 10.1. The summed E-state index contributed by atoms with van der Waals surface area (Å²) in [6.45, 7) is 3.20. The first-order valence-corrected chi connectivity index (χ1v) is 10.9. The van der Waals surface area contributed by atoms with Gasteiger partial charge >= 0.3 is 0 Å². The van der Waals surface area contributed by atoms with Gasteiger partial charge in [0.1, 0.15) is 10.8 Å². The number of nitrogens with one attached hydrogen (secondary N) is 1. The molecule has 0 amide bonds. The molecule has 0 fully saturated rings. The Hall–Kier alpha value is -2.45. The molecule has 0 bridgehead atoms. The molecule has 0 aliphatic carbocycles. The summed E-state index contributed by atoms with van der Waals surface area (Å²) in [6, 6.07) is 19.1. The van der Waals surface area contributed by atoms with Gasteiger partial charge in [0, 0.05) is 36.1 Å². The largest absolute Gasteiger partial charge is 0.355 e. The molecule has 144 valence electrons. The fraction of sp³-hybridized carbons (Fsp3) is 0.391. The van der Waals surface area contributed by atoms with Crippen molar-refractivity contribution in [2.24, 2.45) is 4.99 Å². The van der Waals surface area contributed by atoms with Crippen molar-refractivity contribution in [3.8, 4) is 6.07 Å². The highest BCUT2D eigenvalue weighted by Crippen LogP contribution is 2.55. The van der Waals surface area contributed by atoms with Crippen LogP contribution in [0.25, 0.3) is 0 Å². The summed E-state index contributed by atoms with van der Waals surface area (Å²) >= 11 is 1.60. The zero-order valence-electron chi connectivity index (χ0n) is 16.5. The molecule has 0 radical (unpaired) electrons. The number of anilines is 2. The lowest BCUT2D eigenvalue weighted by atomic mass is 9.76. The molecule has 4 nitrogen and oxygen atoms in total. The number of aliphatic imine (C=N–C) groups is 1. The molecule has 0 aromatic heterocycles. The molecular formula is C23H26N4S. The third-order valence-corrected chi connectivity index (χ3v) is 6.91. The van der Waals surface area contributed by atoms with Crippen LogP contribution in [0.2, 0.25) is 0 Å². The highest BCUT2D eigenvalue weighted by atomic mass is 32.2. The second-order valence-corrected chi connectivity index (χ2v) is 8.56. The molecule has 4 rings (SSSR count). The van der Waals surface area contributed by atoms with Crippen molar-refractivity contribution in [2.75, 3.05) is 18.9 Å². The van der Waals surface area contributed by atoms with E-state index >= 15 is 0 Å². The maximum Gasteiger partial charge on any atom is 0.161 e. The van der Waals surface area contributed by atoms with Crippen LogP contribution in [0.5, 0.6) is 0 Å². The van der Waals surface area contributed by atoms with Gasteiger partial charge in [-0.1, -0.05) is 74.3 Å². The second kappa shape index (κ2) is 7.89. The monoisotopic (exact) mass is 390 g/mol. The van der Waals surface area contributed by atoms with E-state index in [4.69, 9.17) is 4.99 Å². The Bertz CT molecular complexity index is 885. The number of hydrogen-bond acceptors (Lipinski definition) is 5. The van der Waals surface area contributed by atoms with Gasteiger partial charge in [0.05, 0.1) is 6.07 Å². The number of nitrogens with zero attached hydrogens (tertiary/aromatic N) is 3. The van der Waals surface area contributed by atoms with Gasteiger partial charge in [-0.05, 0) is 18.6 Å². The van der Waals surface area contributed by atoms with E-state index in [2.05, 4.69) is 54.5 Å². The standard InChI is InChI=1S/C23H26N4S/c1-3-4-5-10-15-27(2)22-26-23(21(16-24)28-22)17-11-6-8-13-19(17)25-20-14-9-7-12-18(20)23/h6-9,11-14,21,25H,3-5,10,15H2,1-2H3. The summed E-state index contributed by atoms with van der Waals surface area (Å²) in [5, 5.41) is 14.3. The fourth-order valence-corrected chi connectivity index (χ4v) is 5.34. The fourth-order valence-electron chi connectivity index (χ4n) is 4.14. The molecule has 5 heteroatoms. The van der Waals surface area contributed by atoms with E-state index in [0.717, 1.165) is 40.6 Å². The highest BCUT2D eigenvalue weighted by Gasteiger charge is 2.52. The summed E-state index contributed by atoms with van der Waals surface area (Å²) in [4.78, 5) is 7.48. The van der Waals surface area contributed by atoms with Crippen LogP contribution >= 0.6 is 11.8 Å². The number of nitriles is 1. The van der Waals surface area contributed by atoms with E-state index in [-0.39, 0.29) is 5.25 Å². The summed E-state index contributed by atoms with van der Waals surface area (Å²) in [6.07, 6.45) is 4.90. The number of fused-ring (bicyclic) bond motifs is 4. The lowest BCUT2D eigenvalue weighted by Gasteiger charge is -2.37. The molecule has 2 aromatic rings. The Labute approximate surface area is 171 Å². The topological polar surface area (TPSA) is 51.4 Å². The van der Waals surface area contributed by atoms with Crippen LogP contribution in [0.1, 0.15) is 43.7 Å². The molecule has 1 N–H and O–H groups in total. The Morgan fingerprint density at radius 2 is 1.71 bits per heavy atom. The molecule has 0 saturated carbocycles. The van der Waals surface area contributed by atoms with E-state index in [0.29, 0.717) is 0 Å². The SMILES string of the molecule is CCCCCCN(C)C1=NC2(c3ccccc3Nc3ccccc32)C(C#N)S1. The van der Waals surface area contributed by atoms with Gasteiger partial charge in [0.15, 0.2) is 5.17 Å². The number of amidine groups is 1. The average molecular weight is 391 g/mol. The Kier molecular flexibility index (Phi) is 5.32. The highest BCUT2D eigenvalue weighted by molar-refractivity contribution is 8.14. The third-order valence-electron chi connectivity index (χ3n) is 5.61.